The maximum atomic E-state index is 12.9. The summed E-state index contributed by atoms with van der Waals surface area (Å²) in [6.45, 7) is 7.98. The summed E-state index contributed by atoms with van der Waals surface area (Å²) in [7, 11) is 0. The van der Waals surface area contributed by atoms with Crippen molar-refractivity contribution in [2.45, 2.75) is 58.4 Å². The van der Waals surface area contributed by atoms with Crippen molar-refractivity contribution in [1.82, 2.24) is 4.90 Å². The molecular formula is C24H30BrNO4. The number of ether oxygens (including phenoxy) is 3. The zero-order valence-electron chi connectivity index (χ0n) is 17.9. The van der Waals surface area contributed by atoms with Crippen LogP contribution < -0.4 is 4.74 Å². The maximum Gasteiger partial charge on any atom is 0.410 e. The number of nitrogens with zero attached hydrogens (tertiary/aromatic N) is 1. The quantitative estimate of drug-likeness (QED) is 0.518. The molecule has 1 heterocycles. The first kappa shape index (κ1) is 22.6. The predicted octanol–water partition coefficient (Wildman–Crippen LogP) is 5.94. The molecule has 30 heavy (non-hydrogen) atoms. The van der Waals surface area contributed by atoms with E-state index in [2.05, 4.69) is 15.9 Å². The van der Waals surface area contributed by atoms with Crippen LogP contribution in [0.25, 0.3) is 0 Å². The largest absolute Gasteiger partial charge is 0.489 e. The molecule has 1 aliphatic heterocycles. The van der Waals surface area contributed by atoms with Crippen molar-refractivity contribution >= 4 is 22.0 Å². The van der Waals surface area contributed by atoms with Gasteiger partial charge in [-0.25, -0.2) is 4.79 Å². The number of halogens is 1. The molecule has 6 heteroatoms. The summed E-state index contributed by atoms with van der Waals surface area (Å²) in [5, 5.41) is 0. The van der Waals surface area contributed by atoms with Gasteiger partial charge in [-0.1, -0.05) is 52.3 Å². The van der Waals surface area contributed by atoms with Crippen LogP contribution in [0.1, 0.15) is 44.7 Å². The molecule has 0 unspecified atom stereocenters. The number of amides is 1. The Morgan fingerprint density at radius 1 is 1.13 bits per heavy atom. The number of hydrogen-bond donors (Lipinski definition) is 0. The Labute approximate surface area is 187 Å². The molecule has 0 N–H and O–H groups in total. The zero-order chi connectivity index (χ0) is 21.6. The number of rotatable bonds is 6. The van der Waals surface area contributed by atoms with E-state index < -0.39 is 5.60 Å². The Hall–Kier alpha value is -2.05. The minimum Gasteiger partial charge on any atom is -0.489 e. The highest BCUT2D eigenvalue weighted by Gasteiger charge is 2.30. The molecule has 0 saturated carbocycles. The Bertz CT molecular complexity index is 829. The van der Waals surface area contributed by atoms with Gasteiger partial charge in [-0.05, 0) is 56.9 Å². The van der Waals surface area contributed by atoms with Gasteiger partial charge in [0, 0.05) is 23.7 Å². The summed E-state index contributed by atoms with van der Waals surface area (Å²) in [6.07, 6.45) is 1.34. The van der Waals surface area contributed by atoms with Crippen LogP contribution in [0.4, 0.5) is 4.79 Å². The SMILES string of the molecule is CC(C)(C)OC(=O)N(Cc1ccc(OCc2ccccc2)cc1Br)C1CCOCC1. The molecule has 1 amide bonds. The van der Waals surface area contributed by atoms with Crippen LogP contribution in [0.15, 0.2) is 53.0 Å². The molecular weight excluding hydrogens is 446 g/mol. The third kappa shape index (κ3) is 6.74. The molecule has 162 valence electrons. The van der Waals surface area contributed by atoms with E-state index in [1.807, 2.05) is 74.2 Å². The lowest BCUT2D eigenvalue weighted by molar-refractivity contribution is -0.00813. The fourth-order valence-electron chi connectivity index (χ4n) is 3.33. The third-order valence-electron chi connectivity index (χ3n) is 4.87. The molecule has 5 nitrogen and oxygen atoms in total. The number of carbonyl (C=O) groups excluding carboxylic acids is 1. The van der Waals surface area contributed by atoms with Gasteiger partial charge in [0.1, 0.15) is 18.0 Å². The Kier molecular flexibility index (Phi) is 7.78. The van der Waals surface area contributed by atoms with Crippen LogP contribution in [0, 0.1) is 0 Å². The van der Waals surface area contributed by atoms with E-state index in [0.29, 0.717) is 26.4 Å². The lowest BCUT2D eigenvalue weighted by atomic mass is 10.1. The number of benzene rings is 2. The van der Waals surface area contributed by atoms with Crippen LogP contribution >= 0.6 is 15.9 Å². The Morgan fingerprint density at radius 3 is 2.47 bits per heavy atom. The maximum absolute atomic E-state index is 12.9. The fourth-order valence-corrected chi connectivity index (χ4v) is 3.81. The van der Waals surface area contributed by atoms with E-state index in [9.17, 15) is 4.79 Å². The van der Waals surface area contributed by atoms with Gasteiger partial charge < -0.3 is 19.1 Å². The van der Waals surface area contributed by atoms with E-state index in [4.69, 9.17) is 14.2 Å². The van der Waals surface area contributed by atoms with Gasteiger partial charge >= 0.3 is 6.09 Å². The van der Waals surface area contributed by atoms with Crippen molar-refractivity contribution in [2.24, 2.45) is 0 Å². The monoisotopic (exact) mass is 475 g/mol. The first-order valence-corrected chi connectivity index (χ1v) is 11.1. The minimum absolute atomic E-state index is 0.106. The second-order valence-corrected chi connectivity index (χ2v) is 9.33. The van der Waals surface area contributed by atoms with Crippen molar-refractivity contribution in [3.05, 3.63) is 64.1 Å². The van der Waals surface area contributed by atoms with Gasteiger partial charge in [-0.15, -0.1) is 0 Å². The van der Waals surface area contributed by atoms with Gasteiger partial charge in [0.2, 0.25) is 0 Å². The second kappa shape index (κ2) is 10.3. The van der Waals surface area contributed by atoms with Gasteiger partial charge in [-0.3, -0.25) is 0 Å². The minimum atomic E-state index is -0.535. The molecule has 3 rings (SSSR count). The second-order valence-electron chi connectivity index (χ2n) is 8.48. The normalized spacial score (nSPS) is 14.9. The summed E-state index contributed by atoms with van der Waals surface area (Å²) < 4.78 is 18.0. The van der Waals surface area contributed by atoms with E-state index >= 15 is 0 Å². The van der Waals surface area contributed by atoms with Crippen LogP contribution in [0.2, 0.25) is 0 Å². The third-order valence-corrected chi connectivity index (χ3v) is 5.61. The number of hydrogen-bond acceptors (Lipinski definition) is 4. The Balaban J connectivity index is 1.70. The van der Waals surface area contributed by atoms with Crippen LogP contribution in [-0.4, -0.2) is 35.8 Å². The Morgan fingerprint density at radius 2 is 1.83 bits per heavy atom. The van der Waals surface area contributed by atoms with E-state index in [1.54, 1.807) is 0 Å². The standard InChI is InChI=1S/C24H30BrNO4/c1-24(2,3)30-23(27)26(20-11-13-28-14-12-20)16-19-9-10-21(15-22(19)25)29-17-18-7-5-4-6-8-18/h4-10,15,20H,11-14,16-17H2,1-3H3. The van der Waals surface area contributed by atoms with Crippen molar-refractivity contribution in [3.63, 3.8) is 0 Å². The lowest BCUT2D eigenvalue weighted by Gasteiger charge is -2.35. The molecule has 2 aromatic rings. The van der Waals surface area contributed by atoms with Gasteiger partial charge in [0.05, 0.1) is 6.54 Å². The van der Waals surface area contributed by atoms with E-state index in [-0.39, 0.29) is 12.1 Å². The molecule has 1 saturated heterocycles. The molecule has 1 aliphatic rings. The topological polar surface area (TPSA) is 48.0 Å². The average Bonchev–Trinajstić information content (AvgIpc) is 2.71. The summed E-state index contributed by atoms with van der Waals surface area (Å²) in [6, 6.07) is 16.1. The predicted molar refractivity (Wildman–Crippen MR) is 121 cm³/mol. The molecule has 0 bridgehead atoms. The smallest absolute Gasteiger partial charge is 0.410 e. The molecule has 1 fully saturated rings. The van der Waals surface area contributed by atoms with E-state index in [1.165, 1.54) is 0 Å². The first-order chi connectivity index (χ1) is 14.3. The molecule has 0 aromatic heterocycles. The van der Waals surface area contributed by atoms with Crippen molar-refractivity contribution in [2.75, 3.05) is 13.2 Å². The number of carbonyl (C=O) groups is 1. The summed E-state index contributed by atoms with van der Waals surface area (Å²) in [5.74, 6) is 0.782. The first-order valence-electron chi connectivity index (χ1n) is 10.3. The van der Waals surface area contributed by atoms with Crippen molar-refractivity contribution < 1.29 is 19.0 Å². The van der Waals surface area contributed by atoms with Gasteiger partial charge in [-0.2, -0.15) is 0 Å². The van der Waals surface area contributed by atoms with Crippen molar-refractivity contribution in [1.29, 1.82) is 0 Å². The molecule has 0 spiro atoms. The summed E-state index contributed by atoms with van der Waals surface area (Å²) in [4.78, 5) is 14.8. The highest BCUT2D eigenvalue weighted by atomic mass is 79.9. The molecule has 0 atom stereocenters. The van der Waals surface area contributed by atoms with Crippen LogP contribution in [0.5, 0.6) is 5.75 Å². The lowest BCUT2D eigenvalue weighted by Crippen LogP contribution is -2.45. The van der Waals surface area contributed by atoms with Crippen molar-refractivity contribution in [3.8, 4) is 5.75 Å². The highest BCUT2D eigenvalue weighted by Crippen LogP contribution is 2.28. The van der Waals surface area contributed by atoms with Gasteiger partial charge in [0.15, 0.2) is 0 Å². The van der Waals surface area contributed by atoms with Crippen LogP contribution in [0.3, 0.4) is 0 Å². The average molecular weight is 476 g/mol. The van der Waals surface area contributed by atoms with E-state index in [0.717, 1.165) is 34.2 Å². The van der Waals surface area contributed by atoms with Gasteiger partial charge in [0.25, 0.3) is 0 Å². The molecule has 0 radical (unpaired) electrons. The molecule has 2 aromatic carbocycles. The van der Waals surface area contributed by atoms with Crippen LogP contribution in [-0.2, 0) is 22.6 Å². The fraction of sp³-hybridized carbons (Fsp3) is 0.458. The highest BCUT2D eigenvalue weighted by molar-refractivity contribution is 9.10. The summed E-state index contributed by atoms with van der Waals surface area (Å²) in [5.41, 5.74) is 1.60. The molecule has 0 aliphatic carbocycles. The summed E-state index contributed by atoms with van der Waals surface area (Å²) >= 11 is 3.65. The zero-order valence-corrected chi connectivity index (χ0v) is 19.5.